The molecule has 4 nitrogen and oxygen atoms in total. The molecule has 96 valence electrons. The van der Waals surface area contributed by atoms with Crippen LogP contribution in [-0.2, 0) is 4.79 Å². The van der Waals surface area contributed by atoms with Gasteiger partial charge in [0.15, 0.2) is 0 Å². The Hall–Kier alpha value is -1.57. The van der Waals surface area contributed by atoms with E-state index in [2.05, 4.69) is 5.32 Å². The molecule has 0 aliphatic heterocycles. The standard InChI is InChI=1S/C13H16ClN3O/c1-2-3-4-11(16)13(18)17-12-7-10(14)6-5-9(12)8-15/h5-7,11H,2-4,16H2,1H3,(H,17,18)/t11-/m0/s1. The van der Waals surface area contributed by atoms with Crippen molar-refractivity contribution in [2.75, 3.05) is 5.32 Å². The van der Waals surface area contributed by atoms with Crippen LogP contribution in [0.4, 0.5) is 5.69 Å². The van der Waals surface area contributed by atoms with Crippen molar-refractivity contribution >= 4 is 23.2 Å². The summed E-state index contributed by atoms with van der Waals surface area (Å²) in [5.74, 6) is -0.290. The van der Waals surface area contributed by atoms with Gasteiger partial charge in [-0.25, -0.2) is 0 Å². The van der Waals surface area contributed by atoms with E-state index in [0.717, 1.165) is 12.8 Å². The van der Waals surface area contributed by atoms with E-state index in [1.807, 2.05) is 13.0 Å². The second-order valence-corrected chi connectivity index (χ2v) is 4.48. The minimum atomic E-state index is -0.560. The first-order chi connectivity index (χ1) is 8.58. The largest absolute Gasteiger partial charge is 0.323 e. The monoisotopic (exact) mass is 265 g/mol. The van der Waals surface area contributed by atoms with Gasteiger partial charge in [0, 0.05) is 5.02 Å². The van der Waals surface area contributed by atoms with Gasteiger partial charge in [0.05, 0.1) is 17.3 Å². The third-order valence-electron chi connectivity index (χ3n) is 2.57. The molecule has 1 amide bonds. The summed E-state index contributed by atoms with van der Waals surface area (Å²) >= 11 is 5.83. The first kappa shape index (κ1) is 14.5. The van der Waals surface area contributed by atoms with E-state index in [4.69, 9.17) is 22.6 Å². The molecule has 0 aromatic heterocycles. The lowest BCUT2D eigenvalue weighted by molar-refractivity contribution is -0.117. The van der Waals surface area contributed by atoms with Gasteiger partial charge in [-0.3, -0.25) is 4.79 Å². The number of nitrogens with one attached hydrogen (secondary N) is 1. The molecular formula is C13H16ClN3O. The van der Waals surface area contributed by atoms with Gasteiger partial charge in [0.25, 0.3) is 0 Å². The van der Waals surface area contributed by atoms with Crippen LogP contribution in [0.25, 0.3) is 0 Å². The lowest BCUT2D eigenvalue weighted by Crippen LogP contribution is -2.35. The Morgan fingerprint density at radius 3 is 2.94 bits per heavy atom. The van der Waals surface area contributed by atoms with E-state index in [9.17, 15) is 4.79 Å². The number of nitrogens with zero attached hydrogens (tertiary/aromatic N) is 1. The maximum absolute atomic E-state index is 11.8. The maximum atomic E-state index is 11.8. The average molecular weight is 266 g/mol. The minimum Gasteiger partial charge on any atom is -0.323 e. The third-order valence-corrected chi connectivity index (χ3v) is 2.80. The molecule has 1 rings (SSSR count). The highest BCUT2D eigenvalue weighted by molar-refractivity contribution is 6.31. The highest BCUT2D eigenvalue weighted by Crippen LogP contribution is 2.20. The molecule has 0 spiro atoms. The number of unbranched alkanes of at least 4 members (excludes halogenated alkanes) is 1. The Kier molecular flexibility index (Phi) is 5.63. The lowest BCUT2D eigenvalue weighted by atomic mass is 10.1. The van der Waals surface area contributed by atoms with Crippen molar-refractivity contribution in [3.8, 4) is 6.07 Å². The van der Waals surface area contributed by atoms with Crippen LogP contribution < -0.4 is 11.1 Å². The number of anilines is 1. The van der Waals surface area contributed by atoms with Crippen molar-refractivity contribution < 1.29 is 4.79 Å². The number of nitrogens with two attached hydrogens (primary N) is 1. The van der Waals surface area contributed by atoms with Gasteiger partial charge >= 0.3 is 0 Å². The molecule has 5 heteroatoms. The number of carbonyl (C=O) groups excluding carboxylic acids is 1. The second-order valence-electron chi connectivity index (χ2n) is 4.04. The molecule has 0 aliphatic rings. The van der Waals surface area contributed by atoms with E-state index in [1.54, 1.807) is 18.2 Å². The van der Waals surface area contributed by atoms with Crippen LogP contribution in [0, 0.1) is 11.3 Å². The first-order valence-electron chi connectivity index (χ1n) is 5.84. The number of benzene rings is 1. The molecule has 0 aliphatic carbocycles. The summed E-state index contributed by atoms with van der Waals surface area (Å²) in [6.07, 6.45) is 2.52. The van der Waals surface area contributed by atoms with Gasteiger partial charge in [-0.15, -0.1) is 0 Å². The second kappa shape index (κ2) is 7.00. The molecule has 3 N–H and O–H groups in total. The van der Waals surface area contributed by atoms with Crippen molar-refractivity contribution in [3.63, 3.8) is 0 Å². The summed E-state index contributed by atoms with van der Waals surface area (Å²) in [7, 11) is 0. The van der Waals surface area contributed by atoms with Crippen LogP contribution >= 0.6 is 11.6 Å². The van der Waals surface area contributed by atoms with Gasteiger partial charge in [-0.2, -0.15) is 5.26 Å². The lowest BCUT2D eigenvalue weighted by Gasteiger charge is -2.12. The number of hydrogen-bond donors (Lipinski definition) is 2. The molecule has 0 heterocycles. The predicted molar refractivity (Wildman–Crippen MR) is 72.3 cm³/mol. The molecule has 1 atom stereocenters. The molecule has 18 heavy (non-hydrogen) atoms. The summed E-state index contributed by atoms with van der Waals surface area (Å²) in [5, 5.41) is 12.0. The van der Waals surface area contributed by atoms with Crippen molar-refractivity contribution in [3.05, 3.63) is 28.8 Å². The van der Waals surface area contributed by atoms with Crippen molar-refractivity contribution in [1.82, 2.24) is 0 Å². The average Bonchev–Trinajstić information content (AvgIpc) is 2.36. The fourth-order valence-corrected chi connectivity index (χ4v) is 1.67. The molecule has 0 fully saturated rings. The van der Waals surface area contributed by atoms with Gasteiger partial charge in [0.1, 0.15) is 6.07 Å². The summed E-state index contributed by atoms with van der Waals surface area (Å²) in [4.78, 5) is 11.8. The zero-order valence-corrected chi connectivity index (χ0v) is 11.0. The van der Waals surface area contributed by atoms with Gasteiger partial charge in [-0.05, 0) is 24.6 Å². The van der Waals surface area contributed by atoms with Crippen LogP contribution in [-0.4, -0.2) is 11.9 Å². The normalized spacial score (nSPS) is 11.7. The minimum absolute atomic E-state index is 0.290. The van der Waals surface area contributed by atoms with Gasteiger partial charge in [0.2, 0.25) is 5.91 Å². The van der Waals surface area contributed by atoms with Gasteiger partial charge < -0.3 is 11.1 Å². The number of amides is 1. The Bertz CT molecular complexity index is 468. The topological polar surface area (TPSA) is 78.9 Å². The van der Waals surface area contributed by atoms with E-state index in [-0.39, 0.29) is 5.91 Å². The van der Waals surface area contributed by atoms with E-state index in [1.165, 1.54) is 0 Å². The maximum Gasteiger partial charge on any atom is 0.241 e. The number of rotatable bonds is 5. The Labute approximate surface area is 112 Å². The Morgan fingerprint density at radius 1 is 1.61 bits per heavy atom. The molecule has 0 bridgehead atoms. The highest BCUT2D eigenvalue weighted by atomic mass is 35.5. The van der Waals surface area contributed by atoms with Crippen molar-refractivity contribution in [1.29, 1.82) is 5.26 Å². The number of carbonyl (C=O) groups is 1. The van der Waals surface area contributed by atoms with Crippen molar-refractivity contribution in [2.45, 2.75) is 32.2 Å². The quantitative estimate of drug-likeness (QED) is 0.859. The first-order valence-corrected chi connectivity index (χ1v) is 6.22. The fraction of sp³-hybridized carbons (Fsp3) is 0.385. The molecular weight excluding hydrogens is 250 g/mol. The van der Waals surface area contributed by atoms with Crippen LogP contribution in [0.1, 0.15) is 31.7 Å². The summed E-state index contributed by atoms with van der Waals surface area (Å²) in [6.45, 7) is 2.04. The summed E-state index contributed by atoms with van der Waals surface area (Å²) < 4.78 is 0. The zero-order chi connectivity index (χ0) is 13.5. The molecule has 0 radical (unpaired) electrons. The number of nitriles is 1. The Balaban J connectivity index is 2.75. The Morgan fingerprint density at radius 2 is 2.33 bits per heavy atom. The fourth-order valence-electron chi connectivity index (χ4n) is 1.50. The van der Waals surface area contributed by atoms with E-state index >= 15 is 0 Å². The van der Waals surface area contributed by atoms with Crippen LogP contribution in [0.5, 0.6) is 0 Å². The molecule has 0 saturated carbocycles. The highest BCUT2D eigenvalue weighted by Gasteiger charge is 2.14. The summed E-state index contributed by atoms with van der Waals surface area (Å²) in [5.41, 5.74) is 6.53. The number of halogens is 1. The smallest absolute Gasteiger partial charge is 0.241 e. The van der Waals surface area contributed by atoms with E-state index in [0.29, 0.717) is 22.7 Å². The molecule has 0 saturated heterocycles. The molecule has 1 aromatic rings. The van der Waals surface area contributed by atoms with Crippen LogP contribution in [0.15, 0.2) is 18.2 Å². The number of hydrogen-bond acceptors (Lipinski definition) is 3. The zero-order valence-electron chi connectivity index (χ0n) is 10.2. The van der Waals surface area contributed by atoms with Crippen molar-refractivity contribution in [2.24, 2.45) is 5.73 Å². The van der Waals surface area contributed by atoms with Gasteiger partial charge in [-0.1, -0.05) is 31.4 Å². The third kappa shape index (κ3) is 4.02. The summed E-state index contributed by atoms with van der Waals surface area (Å²) in [6, 6.07) is 6.15. The van der Waals surface area contributed by atoms with E-state index < -0.39 is 6.04 Å². The van der Waals surface area contributed by atoms with Crippen LogP contribution in [0.2, 0.25) is 5.02 Å². The predicted octanol–water partition coefficient (Wildman–Crippen LogP) is 2.67. The van der Waals surface area contributed by atoms with Crippen LogP contribution in [0.3, 0.4) is 0 Å². The molecule has 0 unspecified atom stereocenters. The SMILES string of the molecule is CCCC[C@H](N)C(=O)Nc1cc(Cl)ccc1C#N. The molecule has 1 aromatic carbocycles.